The van der Waals surface area contributed by atoms with Crippen LogP contribution in [0.15, 0.2) is 48.5 Å². The smallest absolute Gasteiger partial charge is 0.246 e. The van der Waals surface area contributed by atoms with Gasteiger partial charge in [-0.05, 0) is 42.2 Å². The molecule has 1 atom stereocenters. The van der Waals surface area contributed by atoms with Gasteiger partial charge in [0.25, 0.3) is 0 Å². The Morgan fingerprint density at radius 1 is 1.00 bits per heavy atom. The zero-order chi connectivity index (χ0) is 24.0. The quantitative estimate of drug-likeness (QED) is 0.600. The first-order chi connectivity index (χ1) is 15.7. The van der Waals surface area contributed by atoms with Gasteiger partial charge in [0.2, 0.25) is 17.7 Å². The Hall–Kier alpha value is -2.57. The first kappa shape index (κ1) is 25.1. The van der Waals surface area contributed by atoms with E-state index < -0.39 is 11.6 Å². The van der Waals surface area contributed by atoms with Crippen molar-refractivity contribution in [3.63, 3.8) is 0 Å². The second-order valence-electron chi connectivity index (χ2n) is 8.43. The molecular formula is C25H29Cl2N3O3. The summed E-state index contributed by atoms with van der Waals surface area (Å²) in [5, 5.41) is 6.83. The Labute approximate surface area is 204 Å². The summed E-state index contributed by atoms with van der Waals surface area (Å²) >= 11 is 12.6. The number of hydrogen-bond donors (Lipinski definition) is 2. The highest BCUT2D eigenvalue weighted by molar-refractivity contribution is 6.31. The molecule has 0 saturated heterocycles. The van der Waals surface area contributed by atoms with Gasteiger partial charge in [0.15, 0.2) is 0 Å². The zero-order valence-corrected chi connectivity index (χ0v) is 20.4. The summed E-state index contributed by atoms with van der Waals surface area (Å²) in [5.41, 5.74) is 0.590. The number of carbonyl (C=O) groups is 3. The van der Waals surface area contributed by atoms with Crippen LogP contribution in [0.3, 0.4) is 0 Å². The first-order valence-corrected chi connectivity index (χ1v) is 11.8. The van der Waals surface area contributed by atoms with Gasteiger partial charge in [0.1, 0.15) is 5.54 Å². The second kappa shape index (κ2) is 11.0. The van der Waals surface area contributed by atoms with E-state index in [1.807, 2.05) is 30.3 Å². The van der Waals surface area contributed by atoms with Gasteiger partial charge in [-0.1, -0.05) is 72.8 Å². The highest BCUT2D eigenvalue weighted by Gasteiger charge is 2.46. The lowest BCUT2D eigenvalue weighted by molar-refractivity contribution is -0.148. The fraction of sp³-hybridized carbons (Fsp3) is 0.400. The number of nitrogens with zero attached hydrogens (tertiary/aromatic N) is 1. The molecule has 2 N–H and O–H groups in total. The largest absolute Gasteiger partial charge is 0.347 e. The summed E-state index contributed by atoms with van der Waals surface area (Å²) in [6.07, 6.45) is 3.79. The summed E-state index contributed by atoms with van der Waals surface area (Å²) in [6.45, 7) is 1.21. The van der Waals surface area contributed by atoms with Gasteiger partial charge in [-0.3, -0.25) is 14.4 Å². The van der Waals surface area contributed by atoms with Crippen molar-refractivity contribution in [2.45, 2.75) is 50.6 Å². The maximum atomic E-state index is 13.9. The SMILES string of the molecule is CC(=O)NCC(=O)N(C)C1(C(=O)NC(c2ccc(Cl)cc2)c2ccccc2Cl)CCCCC1. The Morgan fingerprint density at radius 3 is 2.24 bits per heavy atom. The lowest BCUT2D eigenvalue weighted by atomic mass is 9.79. The summed E-state index contributed by atoms with van der Waals surface area (Å²) < 4.78 is 0. The highest BCUT2D eigenvalue weighted by Crippen LogP contribution is 2.36. The van der Waals surface area contributed by atoms with Gasteiger partial charge in [0, 0.05) is 24.0 Å². The normalized spacial score (nSPS) is 15.9. The van der Waals surface area contributed by atoms with E-state index in [0.29, 0.717) is 22.9 Å². The molecule has 0 aliphatic heterocycles. The van der Waals surface area contributed by atoms with Gasteiger partial charge in [-0.25, -0.2) is 0 Å². The van der Waals surface area contributed by atoms with Crippen molar-refractivity contribution < 1.29 is 14.4 Å². The van der Waals surface area contributed by atoms with Crippen LogP contribution < -0.4 is 10.6 Å². The van der Waals surface area contributed by atoms with Crippen LogP contribution in [0.4, 0.5) is 0 Å². The Bertz CT molecular complexity index is 1000. The standard InChI is InChI=1S/C25H29Cl2N3O3/c1-17(31)28-16-22(32)30(2)25(14-6-3-7-15-25)24(33)29-23(18-10-12-19(26)13-11-18)20-8-4-5-9-21(20)27/h4-5,8-13,23H,3,6-7,14-16H2,1-2H3,(H,28,31)(H,29,33). The molecule has 33 heavy (non-hydrogen) atoms. The van der Waals surface area contributed by atoms with Crippen molar-refractivity contribution in [1.29, 1.82) is 0 Å². The van der Waals surface area contributed by atoms with Crippen molar-refractivity contribution in [3.05, 3.63) is 69.7 Å². The molecule has 0 heterocycles. The molecule has 2 aromatic carbocycles. The van der Waals surface area contributed by atoms with Gasteiger partial charge < -0.3 is 15.5 Å². The topological polar surface area (TPSA) is 78.5 Å². The van der Waals surface area contributed by atoms with E-state index in [9.17, 15) is 14.4 Å². The van der Waals surface area contributed by atoms with Crippen molar-refractivity contribution in [2.75, 3.05) is 13.6 Å². The minimum Gasteiger partial charge on any atom is -0.347 e. The Morgan fingerprint density at radius 2 is 1.64 bits per heavy atom. The van der Waals surface area contributed by atoms with Crippen LogP contribution in [0.2, 0.25) is 10.0 Å². The fourth-order valence-electron chi connectivity index (χ4n) is 4.38. The van der Waals surface area contributed by atoms with Crippen molar-refractivity contribution in [2.24, 2.45) is 0 Å². The summed E-state index contributed by atoms with van der Waals surface area (Å²) in [6, 6.07) is 14.1. The van der Waals surface area contributed by atoms with Crippen LogP contribution in [-0.2, 0) is 14.4 Å². The minimum atomic E-state index is -1.00. The number of carbonyl (C=O) groups excluding carboxylic acids is 3. The molecule has 0 bridgehead atoms. The lowest BCUT2D eigenvalue weighted by Gasteiger charge is -2.44. The molecule has 0 aromatic heterocycles. The molecule has 3 rings (SSSR count). The maximum absolute atomic E-state index is 13.9. The molecular weight excluding hydrogens is 461 g/mol. The predicted molar refractivity (Wildman–Crippen MR) is 130 cm³/mol. The second-order valence-corrected chi connectivity index (χ2v) is 9.28. The van der Waals surface area contributed by atoms with E-state index in [2.05, 4.69) is 10.6 Å². The number of nitrogens with one attached hydrogen (secondary N) is 2. The molecule has 1 aliphatic carbocycles. The number of halogens is 2. The van der Waals surface area contributed by atoms with Gasteiger partial charge in [-0.2, -0.15) is 0 Å². The lowest BCUT2D eigenvalue weighted by Crippen LogP contribution is -2.61. The van der Waals surface area contributed by atoms with E-state index in [4.69, 9.17) is 23.2 Å². The van der Waals surface area contributed by atoms with E-state index >= 15 is 0 Å². The van der Waals surface area contributed by atoms with Gasteiger partial charge in [0.05, 0.1) is 12.6 Å². The van der Waals surface area contributed by atoms with E-state index in [1.165, 1.54) is 11.8 Å². The van der Waals surface area contributed by atoms with E-state index in [-0.39, 0.29) is 24.3 Å². The Kier molecular flexibility index (Phi) is 8.38. The molecule has 3 amide bonds. The molecule has 1 unspecified atom stereocenters. The van der Waals surface area contributed by atoms with E-state index in [1.54, 1.807) is 25.2 Å². The van der Waals surface area contributed by atoms with E-state index in [0.717, 1.165) is 30.4 Å². The first-order valence-electron chi connectivity index (χ1n) is 11.1. The average molecular weight is 490 g/mol. The van der Waals surface area contributed by atoms with Gasteiger partial charge >= 0.3 is 0 Å². The monoisotopic (exact) mass is 489 g/mol. The van der Waals surface area contributed by atoms with Crippen LogP contribution in [0.5, 0.6) is 0 Å². The van der Waals surface area contributed by atoms with Crippen LogP contribution in [0, 0.1) is 0 Å². The van der Waals surface area contributed by atoms with Crippen molar-refractivity contribution >= 4 is 40.9 Å². The Balaban J connectivity index is 1.95. The number of rotatable bonds is 7. The number of benzene rings is 2. The average Bonchev–Trinajstić information content (AvgIpc) is 2.82. The zero-order valence-electron chi connectivity index (χ0n) is 18.9. The summed E-state index contributed by atoms with van der Waals surface area (Å²) in [5.74, 6) is -0.829. The third-order valence-corrected chi connectivity index (χ3v) is 6.90. The molecule has 1 fully saturated rings. The molecule has 1 aliphatic rings. The molecule has 2 aromatic rings. The summed E-state index contributed by atoms with van der Waals surface area (Å²) in [4.78, 5) is 39.5. The molecule has 8 heteroatoms. The third kappa shape index (κ3) is 5.87. The number of amides is 3. The minimum absolute atomic E-state index is 0.147. The van der Waals surface area contributed by atoms with Crippen molar-refractivity contribution in [3.8, 4) is 0 Å². The predicted octanol–water partition coefficient (Wildman–Crippen LogP) is 4.50. The molecule has 6 nitrogen and oxygen atoms in total. The summed E-state index contributed by atoms with van der Waals surface area (Å²) in [7, 11) is 1.64. The number of likely N-dealkylation sites (N-methyl/N-ethyl adjacent to an activating group) is 1. The van der Waals surface area contributed by atoms with Crippen LogP contribution in [-0.4, -0.2) is 41.8 Å². The molecule has 1 saturated carbocycles. The molecule has 0 radical (unpaired) electrons. The molecule has 0 spiro atoms. The van der Waals surface area contributed by atoms with Crippen LogP contribution in [0.25, 0.3) is 0 Å². The third-order valence-electron chi connectivity index (χ3n) is 6.30. The van der Waals surface area contributed by atoms with Crippen molar-refractivity contribution in [1.82, 2.24) is 15.5 Å². The number of hydrogen-bond acceptors (Lipinski definition) is 3. The van der Waals surface area contributed by atoms with Crippen LogP contribution in [0.1, 0.15) is 56.2 Å². The van der Waals surface area contributed by atoms with Crippen LogP contribution >= 0.6 is 23.2 Å². The maximum Gasteiger partial charge on any atom is 0.246 e. The van der Waals surface area contributed by atoms with Gasteiger partial charge in [-0.15, -0.1) is 0 Å². The fourth-order valence-corrected chi connectivity index (χ4v) is 4.75. The highest BCUT2D eigenvalue weighted by atomic mass is 35.5. The molecule has 176 valence electrons.